The number of methoxy groups -OCH3 is 1. The van der Waals surface area contributed by atoms with Gasteiger partial charge in [0.15, 0.2) is 5.76 Å². The van der Waals surface area contributed by atoms with Gasteiger partial charge in [0.1, 0.15) is 11.5 Å². The predicted molar refractivity (Wildman–Crippen MR) is 97.2 cm³/mol. The third kappa shape index (κ3) is 6.31. The van der Waals surface area contributed by atoms with Crippen LogP contribution < -0.4 is 14.8 Å². The Labute approximate surface area is 173 Å². The van der Waals surface area contributed by atoms with E-state index in [0.717, 1.165) is 24.3 Å². The summed E-state index contributed by atoms with van der Waals surface area (Å²) in [6.07, 6.45) is -4.21. The molecule has 31 heavy (non-hydrogen) atoms. The van der Waals surface area contributed by atoms with E-state index in [4.69, 9.17) is 4.74 Å². The van der Waals surface area contributed by atoms with E-state index < -0.39 is 39.2 Å². The Morgan fingerprint density at radius 3 is 2.00 bits per heavy atom. The number of hydrogen-bond acceptors (Lipinski definition) is 6. The lowest BCUT2D eigenvalue weighted by Crippen LogP contribution is -2.42. The summed E-state index contributed by atoms with van der Waals surface area (Å²) in [7, 11) is -4.79. The van der Waals surface area contributed by atoms with Gasteiger partial charge in [-0.25, -0.2) is 0 Å². The lowest BCUT2D eigenvalue weighted by atomic mass is 10.2. The summed E-state index contributed by atoms with van der Waals surface area (Å²) in [5.74, 6) is -3.22. The molecule has 0 aliphatic heterocycles. The fourth-order valence-electron chi connectivity index (χ4n) is 1.98. The van der Waals surface area contributed by atoms with E-state index in [1.54, 1.807) is 0 Å². The zero-order chi connectivity index (χ0) is 23.3. The van der Waals surface area contributed by atoms with Crippen LogP contribution in [0.15, 0.2) is 60.8 Å². The van der Waals surface area contributed by atoms with Crippen molar-refractivity contribution < 1.29 is 48.8 Å². The summed E-state index contributed by atoms with van der Waals surface area (Å²) in [6, 6.07) is 11.1. The summed E-state index contributed by atoms with van der Waals surface area (Å²) in [6.45, 7) is 0. The number of alkyl halides is 5. The minimum Gasteiger partial charge on any atom is -0.497 e. The number of benzene rings is 2. The Balaban J connectivity index is 2.23. The van der Waals surface area contributed by atoms with Crippen molar-refractivity contribution in [2.45, 2.75) is 11.6 Å². The highest BCUT2D eigenvalue weighted by Gasteiger charge is 2.49. The molecule has 2 aromatic rings. The molecule has 0 radical (unpaired) electrons. The molecular weight excluding hydrogens is 453 g/mol. The van der Waals surface area contributed by atoms with E-state index >= 15 is 0 Å². The SMILES string of the molecule is COc1ccc(OC(F)(F)C(=O)N/C=C(\OS(=O)(=O)C(F)(F)F)c2ccccc2)cc1. The lowest BCUT2D eigenvalue weighted by molar-refractivity contribution is -0.191. The number of ether oxygens (including phenoxy) is 2. The summed E-state index contributed by atoms with van der Waals surface area (Å²) in [4.78, 5) is 11.8. The van der Waals surface area contributed by atoms with Crippen molar-refractivity contribution in [2.75, 3.05) is 7.11 Å². The third-order valence-electron chi connectivity index (χ3n) is 3.45. The number of amides is 1. The maximum Gasteiger partial charge on any atom is 0.534 e. The fraction of sp³-hybridized carbons (Fsp3) is 0.167. The van der Waals surface area contributed by atoms with Crippen LogP contribution in [-0.2, 0) is 19.1 Å². The van der Waals surface area contributed by atoms with Gasteiger partial charge in [0, 0.05) is 11.8 Å². The molecule has 0 atom stereocenters. The Hall–Kier alpha value is -3.35. The first-order valence-electron chi connectivity index (χ1n) is 8.14. The number of carbonyl (C=O) groups excluding carboxylic acids is 1. The topological polar surface area (TPSA) is 90.9 Å². The van der Waals surface area contributed by atoms with E-state index in [2.05, 4.69) is 8.92 Å². The molecule has 7 nitrogen and oxygen atoms in total. The molecule has 0 spiro atoms. The number of halogens is 5. The second kappa shape index (κ2) is 9.20. The van der Waals surface area contributed by atoms with Gasteiger partial charge in [-0.15, -0.1) is 0 Å². The smallest absolute Gasteiger partial charge is 0.497 e. The monoisotopic (exact) mass is 467 g/mol. The molecule has 0 aromatic heterocycles. The van der Waals surface area contributed by atoms with Crippen LogP contribution in [0.25, 0.3) is 5.76 Å². The highest BCUT2D eigenvalue weighted by atomic mass is 32.2. The van der Waals surface area contributed by atoms with Crippen LogP contribution in [0.4, 0.5) is 22.0 Å². The fourth-order valence-corrected chi connectivity index (χ4v) is 2.45. The van der Waals surface area contributed by atoms with Gasteiger partial charge in [-0.05, 0) is 24.3 Å². The average molecular weight is 467 g/mol. The van der Waals surface area contributed by atoms with E-state index in [1.807, 2.05) is 0 Å². The normalized spacial score (nSPS) is 12.8. The second-order valence-corrected chi connectivity index (χ2v) is 7.16. The molecule has 0 saturated carbocycles. The van der Waals surface area contributed by atoms with Crippen molar-refractivity contribution in [3.8, 4) is 11.5 Å². The zero-order valence-corrected chi connectivity index (χ0v) is 16.3. The average Bonchev–Trinajstić information content (AvgIpc) is 2.70. The first-order valence-corrected chi connectivity index (χ1v) is 9.55. The summed E-state index contributed by atoms with van der Waals surface area (Å²) >= 11 is 0. The quantitative estimate of drug-likeness (QED) is 0.276. The van der Waals surface area contributed by atoms with Crippen LogP contribution in [0.5, 0.6) is 11.5 Å². The van der Waals surface area contributed by atoms with Gasteiger partial charge < -0.3 is 19.0 Å². The summed E-state index contributed by atoms with van der Waals surface area (Å²) < 4.78 is 102. The van der Waals surface area contributed by atoms with Crippen LogP contribution in [0.2, 0.25) is 0 Å². The van der Waals surface area contributed by atoms with Gasteiger partial charge in [0.2, 0.25) is 0 Å². The standard InChI is InChI=1S/C18H14F5NO6S/c1-28-13-7-9-14(10-8-13)29-17(19,20)16(25)24-11-15(12-5-3-2-4-6-12)30-31(26,27)18(21,22)23/h2-11H,1H3,(H,24,25)/b15-11-. The van der Waals surface area contributed by atoms with E-state index in [0.29, 0.717) is 5.75 Å². The molecule has 0 fully saturated rings. The predicted octanol–water partition coefficient (Wildman–Crippen LogP) is 3.65. The number of hydrogen-bond donors (Lipinski definition) is 1. The van der Waals surface area contributed by atoms with Crippen molar-refractivity contribution >= 4 is 21.8 Å². The van der Waals surface area contributed by atoms with Crippen molar-refractivity contribution in [3.05, 3.63) is 66.4 Å². The Morgan fingerprint density at radius 2 is 1.48 bits per heavy atom. The maximum absolute atomic E-state index is 14.0. The van der Waals surface area contributed by atoms with Gasteiger partial charge in [-0.3, -0.25) is 4.79 Å². The third-order valence-corrected chi connectivity index (χ3v) is 4.41. The van der Waals surface area contributed by atoms with Crippen molar-refractivity contribution in [1.82, 2.24) is 5.32 Å². The zero-order valence-electron chi connectivity index (χ0n) is 15.5. The van der Waals surface area contributed by atoms with Crippen LogP contribution in [0.3, 0.4) is 0 Å². The first-order chi connectivity index (χ1) is 14.4. The molecule has 13 heteroatoms. The molecule has 0 heterocycles. The minimum absolute atomic E-state index is 0.241. The highest BCUT2D eigenvalue weighted by Crippen LogP contribution is 2.30. The molecule has 2 aromatic carbocycles. The van der Waals surface area contributed by atoms with Crippen LogP contribution in [0, 0.1) is 0 Å². The van der Waals surface area contributed by atoms with Crippen LogP contribution in [-0.4, -0.2) is 33.1 Å². The van der Waals surface area contributed by atoms with Crippen molar-refractivity contribution in [1.29, 1.82) is 0 Å². The van der Waals surface area contributed by atoms with Gasteiger partial charge in [-0.1, -0.05) is 30.3 Å². The largest absolute Gasteiger partial charge is 0.534 e. The molecule has 0 saturated heterocycles. The van der Waals surface area contributed by atoms with Gasteiger partial charge >= 0.3 is 27.6 Å². The minimum atomic E-state index is -6.13. The van der Waals surface area contributed by atoms with Crippen LogP contribution >= 0.6 is 0 Å². The molecule has 0 bridgehead atoms. The summed E-state index contributed by atoms with van der Waals surface area (Å²) in [5.41, 5.74) is -6.03. The Bertz CT molecular complexity index is 1040. The van der Waals surface area contributed by atoms with Gasteiger partial charge in [-0.2, -0.15) is 30.4 Å². The van der Waals surface area contributed by atoms with Gasteiger partial charge in [0.05, 0.1) is 7.11 Å². The molecule has 0 aliphatic carbocycles. The van der Waals surface area contributed by atoms with E-state index in [9.17, 15) is 35.2 Å². The molecule has 1 N–H and O–H groups in total. The second-order valence-electron chi connectivity index (χ2n) is 5.63. The number of carbonyl (C=O) groups is 1. The Morgan fingerprint density at radius 1 is 0.935 bits per heavy atom. The maximum atomic E-state index is 14.0. The summed E-state index contributed by atoms with van der Waals surface area (Å²) in [5, 5.41) is 1.48. The molecule has 1 amide bonds. The van der Waals surface area contributed by atoms with Crippen molar-refractivity contribution in [2.24, 2.45) is 0 Å². The lowest BCUT2D eigenvalue weighted by Gasteiger charge is -2.17. The molecule has 0 unspecified atom stereocenters. The first kappa shape index (κ1) is 23.9. The van der Waals surface area contributed by atoms with Gasteiger partial charge in [0.25, 0.3) is 0 Å². The van der Waals surface area contributed by atoms with E-state index in [-0.39, 0.29) is 11.8 Å². The molecular formula is C18H14F5NO6S. The van der Waals surface area contributed by atoms with E-state index in [1.165, 1.54) is 42.8 Å². The number of nitrogens with one attached hydrogen (secondary N) is 1. The van der Waals surface area contributed by atoms with Crippen molar-refractivity contribution in [3.63, 3.8) is 0 Å². The molecule has 2 rings (SSSR count). The van der Waals surface area contributed by atoms with Crippen LogP contribution in [0.1, 0.15) is 5.56 Å². The Kier molecular flexibility index (Phi) is 7.10. The highest BCUT2D eigenvalue weighted by molar-refractivity contribution is 7.87. The number of rotatable bonds is 8. The molecule has 0 aliphatic rings. The molecule has 168 valence electrons.